The van der Waals surface area contributed by atoms with Crippen molar-refractivity contribution in [3.63, 3.8) is 0 Å². The molecule has 1 aromatic carbocycles. The topological polar surface area (TPSA) is 95.6 Å². The minimum atomic E-state index is -0.910. The van der Waals surface area contributed by atoms with Crippen molar-refractivity contribution in [1.29, 1.82) is 0 Å². The van der Waals surface area contributed by atoms with Crippen LogP contribution in [-0.4, -0.2) is 47.7 Å². The van der Waals surface area contributed by atoms with E-state index in [0.717, 1.165) is 36.4 Å². The minimum Gasteiger partial charge on any atom is -0.317 e. The summed E-state index contributed by atoms with van der Waals surface area (Å²) >= 11 is 0. The van der Waals surface area contributed by atoms with Crippen LogP contribution in [-0.2, 0) is 9.59 Å². The summed E-state index contributed by atoms with van der Waals surface area (Å²) in [5.41, 5.74) is 1.77. The van der Waals surface area contributed by atoms with E-state index >= 15 is 0 Å². The van der Waals surface area contributed by atoms with Gasteiger partial charge in [0.05, 0.1) is 11.1 Å². The van der Waals surface area contributed by atoms with Crippen molar-refractivity contribution >= 4 is 23.6 Å². The fraction of sp³-hybridized carbons (Fsp3) is 0.500. The molecule has 2 fully saturated rings. The number of fused-ring (bicyclic) bond motifs is 1. The summed E-state index contributed by atoms with van der Waals surface area (Å²) in [7, 11) is 0. The van der Waals surface area contributed by atoms with E-state index in [-0.39, 0.29) is 18.7 Å². The van der Waals surface area contributed by atoms with Crippen LogP contribution in [0.15, 0.2) is 18.2 Å². The molecule has 0 bridgehead atoms. The Morgan fingerprint density at radius 2 is 1.59 bits per heavy atom. The summed E-state index contributed by atoms with van der Waals surface area (Å²) in [6.45, 7) is 5.88. The van der Waals surface area contributed by atoms with E-state index in [4.69, 9.17) is 0 Å². The Balaban J connectivity index is 0.00000102. The maximum atomic E-state index is 12.8. The van der Waals surface area contributed by atoms with Gasteiger partial charge in [0.1, 0.15) is 6.04 Å². The highest BCUT2D eigenvalue weighted by Crippen LogP contribution is 2.32. The highest BCUT2D eigenvalue weighted by molar-refractivity contribution is 6.23. The predicted octanol–water partition coefficient (Wildman–Crippen LogP) is 1.58. The van der Waals surface area contributed by atoms with Crippen LogP contribution in [0.4, 0.5) is 0 Å². The summed E-state index contributed by atoms with van der Waals surface area (Å²) in [4.78, 5) is 49.8. The lowest BCUT2D eigenvalue weighted by molar-refractivity contribution is -0.136. The van der Waals surface area contributed by atoms with Gasteiger partial charge in [-0.15, -0.1) is 0 Å². The zero-order valence-corrected chi connectivity index (χ0v) is 15.7. The first-order valence-electron chi connectivity index (χ1n) is 9.62. The molecule has 1 unspecified atom stereocenters. The lowest BCUT2D eigenvalue weighted by atomic mass is 9.88. The maximum Gasteiger partial charge on any atom is 0.262 e. The quantitative estimate of drug-likeness (QED) is 0.770. The van der Waals surface area contributed by atoms with E-state index in [1.54, 1.807) is 12.1 Å². The first kappa shape index (κ1) is 19.2. The number of nitrogens with one attached hydrogen (secondary N) is 2. The Morgan fingerprint density at radius 1 is 0.926 bits per heavy atom. The average molecular weight is 371 g/mol. The molecular formula is C20H25N3O4. The second-order valence-corrected chi connectivity index (χ2v) is 6.78. The van der Waals surface area contributed by atoms with Gasteiger partial charge in [0.15, 0.2) is 0 Å². The minimum absolute atomic E-state index is 0.129. The van der Waals surface area contributed by atoms with Gasteiger partial charge in [-0.25, -0.2) is 0 Å². The monoisotopic (exact) mass is 371 g/mol. The third-order valence-corrected chi connectivity index (χ3v) is 5.27. The fourth-order valence-corrected chi connectivity index (χ4v) is 3.90. The molecule has 0 radical (unpaired) electrons. The Labute approximate surface area is 158 Å². The van der Waals surface area contributed by atoms with E-state index in [0.29, 0.717) is 17.0 Å². The van der Waals surface area contributed by atoms with Gasteiger partial charge in [-0.2, -0.15) is 0 Å². The van der Waals surface area contributed by atoms with Crippen molar-refractivity contribution < 1.29 is 19.2 Å². The van der Waals surface area contributed by atoms with Crippen LogP contribution in [0.5, 0.6) is 0 Å². The number of hydrogen-bond acceptors (Lipinski definition) is 5. The van der Waals surface area contributed by atoms with Crippen LogP contribution in [0.25, 0.3) is 0 Å². The molecule has 7 heteroatoms. The van der Waals surface area contributed by atoms with Gasteiger partial charge >= 0.3 is 0 Å². The molecule has 0 aliphatic carbocycles. The van der Waals surface area contributed by atoms with Crippen molar-refractivity contribution in [2.75, 3.05) is 13.1 Å². The van der Waals surface area contributed by atoms with Crippen molar-refractivity contribution in [1.82, 2.24) is 15.5 Å². The standard InChI is InChI=1S/C18H19N3O4.C2H6/c22-15-4-3-14(16(23)20-15)21-17(24)12-2-1-11(9-13(12)18(21)25)10-5-7-19-8-6-10;1-2/h1-2,9-10,14,19H,3-8H2,(H,20,22,23);1-2H3. The molecular weight excluding hydrogens is 346 g/mol. The average Bonchev–Trinajstić information content (AvgIpc) is 2.95. The highest BCUT2D eigenvalue weighted by Gasteiger charge is 2.44. The number of carbonyl (C=O) groups excluding carboxylic acids is 4. The Morgan fingerprint density at radius 3 is 2.26 bits per heavy atom. The smallest absolute Gasteiger partial charge is 0.262 e. The summed E-state index contributed by atoms with van der Waals surface area (Å²) in [6.07, 6.45) is 2.30. The van der Waals surface area contributed by atoms with Crippen LogP contribution >= 0.6 is 0 Å². The third kappa shape index (κ3) is 3.51. The Kier molecular flexibility index (Phi) is 5.70. The molecule has 2 N–H and O–H groups in total. The molecule has 7 nitrogen and oxygen atoms in total. The number of rotatable bonds is 2. The zero-order valence-electron chi connectivity index (χ0n) is 15.7. The molecule has 3 aliphatic rings. The van der Waals surface area contributed by atoms with E-state index in [9.17, 15) is 19.2 Å². The SMILES string of the molecule is CC.O=C1CCC(N2C(=O)c3ccc(C4CCNCC4)cc3C2=O)C(=O)N1. The van der Waals surface area contributed by atoms with Crippen LogP contribution in [0.1, 0.15) is 71.7 Å². The van der Waals surface area contributed by atoms with E-state index in [1.807, 2.05) is 19.9 Å². The fourth-order valence-electron chi connectivity index (χ4n) is 3.90. The predicted molar refractivity (Wildman–Crippen MR) is 99.3 cm³/mol. The lowest BCUT2D eigenvalue weighted by Gasteiger charge is -2.27. The molecule has 27 heavy (non-hydrogen) atoms. The first-order chi connectivity index (χ1) is 13.1. The highest BCUT2D eigenvalue weighted by atomic mass is 16.2. The van der Waals surface area contributed by atoms with E-state index in [2.05, 4.69) is 10.6 Å². The van der Waals surface area contributed by atoms with Gasteiger partial charge in [0.2, 0.25) is 11.8 Å². The van der Waals surface area contributed by atoms with E-state index < -0.39 is 23.8 Å². The molecule has 3 aliphatic heterocycles. The second-order valence-electron chi connectivity index (χ2n) is 6.78. The van der Waals surface area contributed by atoms with Crippen molar-refractivity contribution in [2.24, 2.45) is 0 Å². The Bertz CT molecular complexity index is 783. The van der Waals surface area contributed by atoms with Crippen LogP contribution in [0.2, 0.25) is 0 Å². The van der Waals surface area contributed by atoms with Crippen molar-refractivity contribution in [3.8, 4) is 0 Å². The van der Waals surface area contributed by atoms with Gasteiger partial charge in [-0.3, -0.25) is 29.4 Å². The number of benzene rings is 1. The van der Waals surface area contributed by atoms with Gasteiger partial charge in [0, 0.05) is 6.42 Å². The van der Waals surface area contributed by atoms with Crippen LogP contribution in [0.3, 0.4) is 0 Å². The maximum absolute atomic E-state index is 12.8. The molecule has 1 aromatic rings. The number of carbonyl (C=O) groups is 4. The number of amides is 4. The molecule has 4 rings (SSSR count). The molecule has 144 valence electrons. The van der Waals surface area contributed by atoms with Gasteiger partial charge < -0.3 is 5.32 Å². The second kappa shape index (κ2) is 8.00. The molecule has 2 saturated heterocycles. The largest absolute Gasteiger partial charge is 0.317 e. The molecule has 4 amide bonds. The van der Waals surface area contributed by atoms with Gasteiger partial charge in [0.25, 0.3) is 11.8 Å². The molecule has 3 heterocycles. The third-order valence-electron chi connectivity index (χ3n) is 5.27. The van der Waals surface area contributed by atoms with E-state index in [1.165, 1.54) is 0 Å². The first-order valence-corrected chi connectivity index (χ1v) is 9.62. The number of piperidine rings is 2. The zero-order chi connectivity index (χ0) is 19.6. The lowest BCUT2D eigenvalue weighted by Crippen LogP contribution is -2.54. The van der Waals surface area contributed by atoms with Crippen molar-refractivity contribution in [3.05, 3.63) is 34.9 Å². The summed E-state index contributed by atoms with van der Waals surface area (Å²) in [6, 6.07) is 4.50. The normalized spacial score (nSPS) is 22.9. The Hall–Kier alpha value is -2.54. The van der Waals surface area contributed by atoms with Gasteiger partial charge in [-0.05, 0) is 56.0 Å². The van der Waals surface area contributed by atoms with Crippen molar-refractivity contribution in [2.45, 2.75) is 51.5 Å². The van der Waals surface area contributed by atoms with Crippen LogP contribution < -0.4 is 10.6 Å². The van der Waals surface area contributed by atoms with Crippen LogP contribution in [0, 0.1) is 0 Å². The molecule has 0 saturated carbocycles. The molecule has 0 spiro atoms. The summed E-state index contributed by atoms with van der Waals surface area (Å²) < 4.78 is 0. The summed E-state index contributed by atoms with van der Waals surface area (Å²) in [5.74, 6) is -1.47. The number of nitrogens with zero attached hydrogens (tertiary/aromatic N) is 1. The number of imide groups is 2. The number of hydrogen-bond donors (Lipinski definition) is 2. The van der Waals surface area contributed by atoms with Gasteiger partial charge in [-0.1, -0.05) is 19.9 Å². The molecule has 0 aromatic heterocycles. The molecule has 1 atom stereocenters. The summed E-state index contributed by atoms with van der Waals surface area (Å²) in [5, 5.41) is 5.52.